The molecule has 2 rings (SSSR count). The summed E-state index contributed by atoms with van der Waals surface area (Å²) in [6, 6.07) is 2.38. The standard InChI is InChI=1S/C11H18N2O/c12-7-10-3-1-5-13(8-10)9-11-4-2-6-14-11/h10-11H,1-6,8-9H2. The Kier molecular flexibility index (Phi) is 3.39. The second-order valence-corrected chi connectivity index (χ2v) is 4.36. The van der Waals surface area contributed by atoms with Gasteiger partial charge in [-0.25, -0.2) is 0 Å². The van der Waals surface area contributed by atoms with E-state index in [2.05, 4.69) is 11.0 Å². The first-order valence-corrected chi connectivity index (χ1v) is 5.62. The van der Waals surface area contributed by atoms with Gasteiger partial charge in [0.25, 0.3) is 0 Å². The highest BCUT2D eigenvalue weighted by atomic mass is 16.5. The molecule has 0 saturated carbocycles. The van der Waals surface area contributed by atoms with Gasteiger partial charge in [-0.2, -0.15) is 5.26 Å². The van der Waals surface area contributed by atoms with E-state index < -0.39 is 0 Å². The third-order valence-electron chi connectivity index (χ3n) is 3.17. The lowest BCUT2D eigenvalue weighted by Gasteiger charge is -2.31. The van der Waals surface area contributed by atoms with Crippen molar-refractivity contribution in [3.63, 3.8) is 0 Å². The summed E-state index contributed by atoms with van der Waals surface area (Å²) in [7, 11) is 0. The van der Waals surface area contributed by atoms with Crippen molar-refractivity contribution in [2.75, 3.05) is 26.2 Å². The van der Waals surface area contributed by atoms with E-state index in [0.717, 1.165) is 32.7 Å². The van der Waals surface area contributed by atoms with Crippen molar-refractivity contribution in [2.45, 2.75) is 31.8 Å². The molecule has 2 aliphatic heterocycles. The lowest BCUT2D eigenvalue weighted by Crippen LogP contribution is -2.39. The van der Waals surface area contributed by atoms with Gasteiger partial charge in [-0.3, -0.25) is 4.90 Å². The molecule has 2 atom stereocenters. The van der Waals surface area contributed by atoms with Crippen LogP contribution < -0.4 is 0 Å². The van der Waals surface area contributed by atoms with Crippen LogP contribution in [0.1, 0.15) is 25.7 Å². The van der Waals surface area contributed by atoms with Crippen molar-refractivity contribution < 1.29 is 4.74 Å². The number of nitriles is 1. The zero-order valence-electron chi connectivity index (χ0n) is 8.61. The largest absolute Gasteiger partial charge is 0.377 e. The maximum absolute atomic E-state index is 8.86. The molecule has 3 heteroatoms. The van der Waals surface area contributed by atoms with Gasteiger partial charge < -0.3 is 4.74 Å². The number of ether oxygens (including phenoxy) is 1. The molecule has 0 spiro atoms. The van der Waals surface area contributed by atoms with E-state index in [1.807, 2.05) is 0 Å². The fourth-order valence-corrected chi connectivity index (χ4v) is 2.40. The third kappa shape index (κ3) is 2.46. The zero-order chi connectivity index (χ0) is 9.80. The van der Waals surface area contributed by atoms with Crippen molar-refractivity contribution >= 4 is 0 Å². The van der Waals surface area contributed by atoms with Gasteiger partial charge in [0.05, 0.1) is 18.1 Å². The first-order valence-electron chi connectivity index (χ1n) is 5.62. The Labute approximate surface area is 85.6 Å². The van der Waals surface area contributed by atoms with E-state index in [1.165, 1.54) is 19.3 Å². The van der Waals surface area contributed by atoms with Crippen LogP contribution in [0.2, 0.25) is 0 Å². The summed E-state index contributed by atoms with van der Waals surface area (Å²) in [5.74, 6) is 0.255. The molecule has 0 radical (unpaired) electrons. The molecule has 78 valence electrons. The highest BCUT2D eigenvalue weighted by Crippen LogP contribution is 2.19. The Hall–Kier alpha value is -0.590. The van der Waals surface area contributed by atoms with Gasteiger partial charge in [0.15, 0.2) is 0 Å². The van der Waals surface area contributed by atoms with E-state index in [0.29, 0.717) is 6.10 Å². The fraction of sp³-hybridized carbons (Fsp3) is 0.909. The van der Waals surface area contributed by atoms with E-state index >= 15 is 0 Å². The predicted molar refractivity (Wildman–Crippen MR) is 53.8 cm³/mol. The number of likely N-dealkylation sites (tertiary alicyclic amines) is 1. The first kappa shape index (κ1) is 9.95. The number of hydrogen-bond acceptors (Lipinski definition) is 3. The van der Waals surface area contributed by atoms with Crippen LogP contribution in [0.5, 0.6) is 0 Å². The van der Waals surface area contributed by atoms with Gasteiger partial charge in [-0.15, -0.1) is 0 Å². The van der Waals surface area contributed by atoms with Crippen LogP contribution in [0.4, 0.5) is 0 Å². The molecule has 2 unspecified atom stereocenters. The molecular formula is C11H18N2O. The summed E-state index contributed by atoms with van der Waals surface area (Å²) in [6.07, 6.45) is 5.10. The van der Waals surface area contributed by atoms with Gasteiger partial charge in [0.1, 0.15) is 0 Å². The summed E-state index contributed by atoms with van der Waals surface area (Å²) >= 11 is 0. The summed E-state index contributed by atoms with van der Waals surface area (Å²) in [5, 5.41) is 8.86. The average molecular weight is 194 g/mol. The lowest BCUT2D eigenvalue weighted by molar-refractivity contribution is 0.0615. The molecule has 0 aromatic rings. The Morgan fingerprint density at radius 1 is 1.36 bits per heavy atom. The second kappa shape index (κ2) is 4.77. The molecular weight excluding hydrogens is 176 g/mol. The molecule has 0 aromatic carbocycles. The summed E-state index contributed by atoms with van der Waals surface area (Å²) in [5.41, 5.74) is 0. The number of rotatable bonds is 2. The number of piperidine rings is 1. The first-order chi connectivity index (χ1) is 6.88. The maximum atomic E-state index is 8.86. The SMILES string of the molecule is N#CC1CCCN(CC2CCCO2)C1. The molecule has 2 heterocycles. The Bertz CT molecular complexity index is 218. The van der Waals surface area contributed by atoms with Gasteiger partial charge >= 0.3 is 0 Å². The van der Waals surface area contributed by atoms with Crippen molar-refractivity contribution in [3.8, 4) is 6.07 Å². The van der Waals surface area contributed by atoms with Gasteiger partial charge in [-0.1, -0.05) is 0 Å². The molecule has 2 aliphatic rings. The van der Waals surface area contributed by atoms with Crippen LogP contribution in [0.3, 0.4) is 0 Å². The Morgan fingerprint density at radius 2 is 2.29 bits per heavy atom. The highest BCUT2D eigenvalue weighted by molar-refractivity contribution is 4.89. The van der Waals surface area contributed by atoms with Crippen LogP contribution in [0.15, 0.2) is 0 Å². The maximum Gasteiger partial charge on any atom is 0.0702 e. The fourth-order valence-electron chi connectivity index (χ4n) is 2.40. The van der Waals surface area contributed by atoms with E-state index in [9.17, 15) is 0 Å². The molecule has 0 aromatic heterocycles. The molecule has 0 aliphatic carbocycles. The van der Waals surface area contributed by atoms with E-state index in [4.69, 9.17) is 10.00 Å². The lowest BCUT2D eigenvalue weighted by atomic mass is 9.99. The molecule has 2 fully saturated rings. The summed E-state index contributed by atoms with van der Waals surface area (Å²) in [6.45, 7) is 4.08. The van der Waals surface area contributed by atoms with Crippen LogP contribution in [0.25, 0.3) is 0 Å². The average Bonchev–Trinajstić information content (AvgIpc) is 2.71. The minimum absolute atomic E-state index is 0.255. The molecule has 2 saturated heterocycles. The normalized spacial score (nSPS) is 34.2. The minimum Gasteiger partial charge on any atom is -0.377 e. The smallest absolute Gasteiger partial charge is 0.0702 e. The Morgan fingerprint density at radius 3 is 3.00 bits per heavy atom. The number of hydrogen-bond donors (Lipinski definition) is 0. The van der Waals surface area contributed by atoms with Crippen LogP contribution in [-0.2, 0) is 4.74 Å². The molecule has 0 bridgehead atoms. The van der Waals surface area contributed by atoms with Crippen molar-refractivity contribution in [1.82, 2.24) is 4.90 Å². The summed E-state index contributed by atoms with van der Waals surface area (Å²) in [4.78, 5) is 2.40. The van der Waals surface area contributed by atoms with Gasteiger partial charge in [0.2, 0.25) is 0 Å². The van der Waals surface area contributed by atoms with Crippen molar-refractivity contribution in [1.29, 1.82) is 5.26 Å². The third-order valence-corrected chi connectivity index (χ3v) is 3.17. The zero-order valence-corrected chi connectivity index (χ0v) is 8.61. The minimum atomic E-state index is 0.255. The van der Waals surface area contributed by atoms with Gasteiger partial charge in [0, 0.05) is 19.7 Å². The van der Waals surface area contributed by atoms with E-state index in [-0.39, 0.29) is 5.92 Å². The topological polar surface area (TPSA) is 36.3 Å². The number of nitrogens with zero attached hydrogens (tertiary/aromatic N) is 2. The van der Waals surface area contributed by atoms with Crippen LogP contribution in [-0.4, -0.2) is 37.2 Å². The van der Waals surface area contributed by atoms with Crippen LogP contribution in [0, 0.1) is 17.2 Å². The molecule has 14 heavy (non-hydrogen) atoms. The monoisotopic (exact) mass is 194 g/mol. The quantitative estimate of drug-likeness (QED) is 0.666. The predicted octanol–water partition coefficient (Wildman–Crippen LogP) is 1.40. The Balaban J connectivity index is 1.77. The second-order valence-electron chi connectivity index (χ2n) is 4.36. The summed E-state index contributed by atoms with van der Waals surface area (Å²) < 4.78 is 5.60. The highest BCUT2D eigenvalue weighted by Gasteiger charge is 2.24. The van der Waals surface area contributed by atoms with Crippen molar-refractivity contribution in [3.05, 3.63) is 0 Å². The van der Waals surface area contributed by atoms with Crippen molar-refractivity contribution in [2.24, 2.45) is 5.92 Å². The van der Waals surface area contributed by atoms with Gasteiger partial charge in [-0.05, 0) is 32.2 Å². The van der Waals surface area contributed by atoms with Crippen LogP contribution >= 0.6 is 0 Å². The molecule has 0 N–H and O–H groups in total. The van der Waals surface area contributed by atoms with E-state index in [1.54, 1.807) is 0 Å². The molecule has 3 nitrogen and oxygen atoms in total. The molecule has 0 amide bonds.